The number of imide groups is 1. The number of aromatic nitrogens is 1. The minimum Gasteiger partial charge on any atom is -0.459 e. The van der Waals surface area contributed by atoms with Crippen molar-refractivity contribution >= 4 is 17.8 Å². The highest BCUT2D eigenvalue weighted by atomic mass is 19.1. The number of hydrogen-bond acceptors (Lipinski definition) is 5. The van der Waals surface area contributed by atoms with E-state index >= 15 is 0 Å². The van der Waals surface area contributed by atoms with Gasteiger partial charge in [-0.05, 0) is 55.5 Å². The maximum absolute atomic E-state index is 13.9. The van der Waals surface area contributed by atoms with Gasteiger partial charge < -0.3 is 14.6 Å². The first kappa shape index (κ1) is 22.8. The lowest BCUT2D eigenvalue weighted by molar-refractivity contribution is -0.134. The maximum Gasteiger partial charge on any atom is 0.325 e. The Morgan fingerprint density at radius 2 is 1.91 bits per heavy atom. The summed E-state index contributed by atoms with van der Waals surface area (Å²) in [6.45, 7) is 2.70. The fourth-order valence-corrected chi connectivity index (χ4v) is 5.07. The van der Waals surface area contributed by atoms with Crippen LogP contribution in [0.2, 0.25) is 0 Å². The molecule has 2 aromatic heterocycles. The van der Waals surface area contributed by atoms with Gasteiger partial charge in [0.05, 0.1) is 12.8 Å². The van der Waals surface area contributed by atoms with Gasteiger partial charge in [0.2, 0.25) is 0 Å². The molecule has 2 aliphatic rings. The lowest BCUT2D eigenvalue weighted by atomic mass is 9.73. The predicted molar refractivity (Wildman–Crippen MR) is 123 cm³/mol. The molecular formula is C26H25FN4O4. The minimum absolute atomic E-state index is 0.0298. The molecule has 0 spiro atoms. The van der Waals surface area contributed by atoms with Crippen molar-refractivity contribution in [2.24, 2.45) is 5.92 Å². The van der Waals surface area contributed by atoms with Crippen molar-refractivity contribution in [3.05, 3.63) is 89.4 Å². The topological polar surface area (TPSA) is 95.8 Å². The zero-order valence-electron chi connectivity index (χ0n) is 19.2. The van der Waals surface area contributed by atoms with Crippen LogP contribution in [0.15, 0.2) is 65.5 Å². The van der Waals surface area contributed by atoms with Gasteiger partial charge in [-0.15, -0.1) is 0 Å². The van der Waals surface area contributed by atoms with Crippen molar-refractivity contribution in [3.63, 3.8) is 0 Å². The van der Waals surface area contributed by atoms with Crippen molar-refractivity contribution < 1.29 is 23.2 Å². The molecule has 8 nitrogen and oxygen atoms in total. The molecule has 1 aromatic carbocycles. The first-order valence-corrected chi connectivity index (χ1v) is 11.5. The van der Waals surface area contributed by atoms with E-state index in [0.717, 1.165) is 5.56 Å². The number of nitrogens with one attached hydrogen (secondary N) is 1. The smallest absolute Gasteiger partial charge is 0.325 e. The second kappa shape index (κ2) is 8.98. The van der Waals surface area contributed by atoms with E-state index in [4.69, 9.17) is 4.42 Å². The molecule has 4 amide bonds. The molecule has 35 heavy (non-hydrogen) atoms. The summed E-state index contributed by atoms with van der Waals surface area (Å²) in [5, 5.41) is 2.97. The van der Waals surface area contributed by atoms with Gasteiger partial charge in [-0.25, -0.2) is 9.18 Å². The summed E-state index contributed by atoms with van der Waals surface area (Å²) in [6.07, 6.45) is 5.73. The van der Waals surface area contributed by atoms with Crippen LogP contribution in [-0.2, 0) is 16.9 Å². The molecule has 1 atom stereocenters. The Hall–Kier alpha value is -4.01. The van der Waals surface area contributed by atoms with Crippen molar-refractivity contribution in [2.75, 3.05) is 13.1 Å². The summed E-state index contributed by atoms with van der Waals surface area (Å²) in [4.78, 5) is 47.0. The van der Waals surface area contributed by atoms with E-state index in [2.05, 4.69) is 10.3 Å². The minimum atomic E-state index is -1.29. The number of carbonyl (C=O) groups excluding carboxylic acids is 3. The lowest BCUT2D eigenvalue weighted by Gasteiger charge is -2.40. The molecule has 0 unspecified atom stereocenters. The number of amides is 4. The number of urea groups is 1. The number of likely N-dealkylation sites (tertiary alicyclic amines) is 1. The highest BCUT2D eigenvalue weighted by molar-refractivity contribution is 6.07. The molecule has 0 aliphatic carbocycles. The second-order valence-electron chi connectivity index (χ2n) is 9.00. The van der Waals surface area contributed by atoms with E-state index < -0.39 is 11.6 Å². The summed E-state index contributed by atoms with van der Waals surface area (Å²) in [7, 11) is 0. The van der Waals surface area contributed by atoms with Gasteiger partial charge in [0.15, 0.2) is 11.3 Å². The molecule has 5 rings (SSSR count). The molecule has 2 fully saturated rings. The number of carbonyl (C=O) groups is 3. The van der Waals surface area contributed by atoms with Gasteiger partial charge >= 0.3 is 6.03 Å². The molecule has 0 radical (unpaired) electrons. The number of pyridine rings is 1. The van der Waals surface area contributed by atoms with E-state index in [1.807, 2.05) is 6.92 Å². The molecule has 3 aromatic rings. The number of rotatable bonds is 5. The van der Waals surface area contributed by atoms with Crippen LogP contribution in [-0.4, -0.2) is 45.7 Å². The molecule has 0 bridgehead atoms. The monoisotopic (exact) mass is 476 g/mol. The average Bonchev–Trinajstić information content (AvgIpc) is 3.42. The van der Waals surface area contributed by atoms with Crippen LogP contribution in [0.1, 0.15) is 40.1 Å². The Morgan fingerprint density at radius 1 is 1.17 bits per heavy atom. The average molecular weight is 477 g/mol. The van der Waals surface area contributed by atoms with Crippen molar-refractivity contribution in [1.29, 1.82) is 0 Å². The van der Waals surface area contributed by atoms with Crippen molar-refractivity contribution in [2.45, 2.75) is 31.8 Å². The van der Waals surface area contributed by atoms with Crippen LogP contribution in [0.3, 0.4) is 0 Å². The van der Waals surface area contributed by atoms with Crippen LogP contribution in [0.5, 0.6) is 0 Å². The fourth-order valence-electron chi connectivity index (χ4n) is 5.07. The molecular weight excluding hydrogens is 451 g/mol. The maximum atomic E-state index is 13.9. The van der Waals surface area contributed by atoms with Crippen LogP contribution in [0.4, 0.5) is 9.18 Å². The summed E-state index contributed by atoms with van der Waals surface area (Å²) in [5.74, 6) is -0.862. The number of nitrogens with zero attached hydrogens (tertiary/aromatic N) is 3. The van der Waals surface area contributed by atoms with E-state index in [1.54, 1.807) is 47.6 Å². The first-order valence-electron chi connectivity index (χ1n) is 11.5. The number of aryl methyl sites for hydroxylation is 1. The van der Waals surface area contributed by atoms with Crippen molar-refractivity contribution in [1.82, 2.24) is 20.1 Å². The first-order chi connectivity index (χ1) is 16.9. The highest BCUT2D eigenvalue weighted by Crippen LogP contribution is 2.41. The third-order valence-corrected chi connectivity index (χ3v) is 6.95. The van der Waals surface area contributed by atoms with E-state index in [0.29, 0.717) is 42.8 Å². The third-order valence-electron chi connectivity index (χ3n) is 6.95. The fraction of sp³-hybridized carbons (Fsp3) is 0.308. The predicted octanol–water partition coefficient (Wildman–Crippen LogP) is 3.62. The molecule has 2 saturated heterocycles. The standard InChI is InChI=1S/C26H25FN4O4/c1-17-10-14-35-22(17)23(32)30-12-8-19(9-13-30)26(20-3-2-11-28-15-20)24(33)31(25(34)29-26)16-18-4-6-21(27)7-5-18/h2-7,10-11,14-15,19H,8-9,12-13,16H2,1H3,(H,29,34)/t26-/m1/s1. The number of furan rings is 1. The molecule has 180 valence electrons. The van der Waals surface area contributed by atoms with Gasteiger partial charge in [0, 0.05) is 36.6 Å². The van der Waals surface area contributed by atoms with Crippen molar-refractivity contribution in [3.8, 4) is 0 Å². The molecule has 9 heteroatoms. The SMILES string of the molecule is Cc1ccoc1C(=O)N1CCC([C@]2(c3cccnc3)NC(=O)N(Cc3ccc(F)cc3)C2=O)CC1. The van der Waals surface area contributed by atoms with Crippen LogP contribution >= 0.6 is 0 Å². The Morgan fingerprint density at radius 3 is 2.54 bits per heavy atom. The van der Waals surface area contributed by atoms with Gasteiger partial charge in [-0.3, -0.25) is 19.5 Å². The largest absolute Gasteiger partial charge is 0.459 e. The van der Waals surface area contributed by atoms with Gasteiger partial charge in [0.1, 0.15) is 5.82 Å². The Kier molecular flexibility index (Phi) is 5.84. The zero-order valence-corrected chi connectivity index (χ0v) is 19.2. The van der Waals surface area contributed by atoms with Crippen LogP contribution < -0.4 is 5.32 Å². The van der Waals surface area contributed by atoms with E-state index in [9.17, 15) is 18.8 Å². The Balaban J connectivity index is 1.41. The number of hydrogen-bond donors (Lipinski definition) is 1. The Labute approximate surface area is 201 Å². The summed E-state index contributed by atoms with van der Waals surface area (Å²) in [5.41, 5.74) is 0.734. The molecule has 4 heterocycles. The number of piperidine rings is 1. The molecule has 0 saturated carbocycles. The second-order valence-corrected chi connectivity index (χ2v) is 9.00. The molecule has 2 aliphatic heterocycles. The van der Waals surface area contributed by atoms with E-state index in [1.165, 1.54) is 23.3 Å². The van der Waals surface area contributed by atoms with Gasteiger partial charge in [-0.1, -0.05) is 18.2 Å². The summed E-state index contributed by atoms with van der Waals surface area (Å²) < 4.78 is 18.7. The number of benzene rings is 1. The third kappa shape index (κ3) is 3.96. The zero-order chi connectivity index (χ0) is 24.6. The van der Waals surface area contributed by atoms with Gasteiger partial charge in [0.25, 0.3) is 11.8 Å². The van der Waals surface area contributed by atoms with Crippen LogP contribution in [0.25, 0.3) is 0 Å². The Bertz CT molecular complexity index is 1250. The summed E-state index contributed by atoms with van der Waals surface area (Å²) >= 11 is 0. The molecule has 1 N–H and O–H groups in total. The van der Waals surface area contributed by atoms with E-state index in [-0.39, 0.29) is 30.1 Å². The normalized spacial score (nSPS) is 20.9. The van der Waals surface area contributed by atoms with Gasteiger partial charge in [-0.2, -0.15) is 0 Å². The quantitative estimate of drug-likeness (QED) is 0.568. The summed E-state index contributed by atoms with van der Waals surface area (Å²) in [6, 6.07) is 10.5. The number of halogens is 1. The van der Waals surface area contributed by atoms with Crippen LogP contribution in [0, 0.1) is 18.7 Å². The highest BCUT2D eigenvalue weighted by Gasteiger charge is 2.57. The lowest BCUT2D eigenvalue weighted by Crippen LogP contribution is -2.54.